The number of amides is 1. The Morgan fingerprint density at radius 3 is 2.45 bits per heavy atom. The maximum Gasteiger partial charge on any atom is 0.236 e. The van der Waals surface area contributed by atoms with Gasteiger partial charge in [0.05, 0.1) is 10.3 Å². The minimum Gasteiger partial charge on any atom is -0.339 e. The van der Waals surface area contributed by atoms with Gasteiger partial charge in [0.2, 0.25) is 5.91 Å². The predicted molar refractivity (Wildman–Crippen MR) is 93.2 cm³/mol. The molecule has 3 rings (SSSR count). The van der Waals surface area contributed by atoms with E-state index >= 15 is 0 Å². The van der Waals surface area contributed by atoms with E-state index in [2.05, 4.69) is 43.2 Å². The minimum atomic E-state index is 0.292. The van der Waals surface area contributed by atoms with E-state index in [4.69, 9.17) is 0 Å². The Kier molecular flexibility index (Phi) is 5.87. The molecule has 2 saturated heterocycles. The number of piperazine rings is 2. The van der Waals surface area contributed by atoms with Gasteiger partial charge in [-0.1, -0.05) is 0 Å². The second kappa shape index (κ2) is 7.88. The summed E-state index contributed by atoms with van der Waals surface area (Å²) in [5.74, 6) is 0.292. The Bertz CT molecular complexity index is 495. The number of nitrogens with one attached hydrogen (secondary N) is 1. The zero-order chi connectivity index (χ0) is 15.4. The Labute approximate surface area is 144 Å². The third-order valence-corrected chi connectivity index (χ3v) is 5.91. The highest BCUT2D eigenvalue weighted by Gasteiger charge is 2.23. The average Bonchev–Trinajstić information content (AvgIpc) is 2.94. The first-order chi connectivity index (χ1) is 10.7. The number of hydrogen-bond donors (Lipinski definition) is 1. The topological polar surface area (TPSA) is 38.8 Å². The van der Waals surface area contributed by atoms with Crippen LogP contribution in [0.3, 0.4) is 0 Å². The van der Waals surface area contributed by atoms with E-state index in [0.29, 0.717) is 12.5 Å². The zero-order valence-corrected chi connectivity index (χ0v) is 15.2. The molecule has 2 aliphatic heterocycles. The van der Waals surface area contributed by atoms with E-state index in [9.17, 15) is 4.79 Å². The lowest BCUT2D eigenvalue weighted by Crippen LogP contribution is -2.53. The SMILES string of the molecule is O=C(CN1CCNCC1)N1CCN(Cc2ccc(Br)s2)CC1. The van der Waals surface area contributed by atoms with Gasteiger partial charge in [-0.15, -0.1) is 11.3 Å². The van der Waals surface area contributed by atoms with Crippen molar-refractivity contribution in [1.82, 2.24) is 20.0 Å². The highest BCUT2D eigenvalue weighted by Crippen LogP contribution is 2.23. The third-order valence-electron chi connectivity index (χ3n) is 4.30. The first kappa shape index (κ1) is 16.4. The molecule has 0 saturated carbocycles. The van der Waals surface area contributed by atoms with E-state index in [-0.39, 0.29) is 0 Å². The van der Waals surface area contributed by atoms with Gasteiger partial charge in [0.25, 0.3) is 0 Å². The molecule has 1 aromatic rings. The summed E-state index contributed by atoms with van der Waals surface area (Å²) in [6.45, 7) is 9.21. The van der Waals surface area contributed by atoms with Gasteiger partial charge in [-0.05, 0) is 28.1 Å². The van der Waals surface area contributed by atoms with Crippen molar-refractivity contribution in [3.8, 4) is 0 Å². The van der Waals surface area contributed by atoms with Crippen molar-refractivity contribution in [3.05, 3.63) is 20.8 Å². The number of carbonyl (C=O) groups is 1. The predicted octanol–water partition coefficient (Wildman–Crippen LogP) is 1.06. The molecule has 2 aliphatic rings. The first-order valence-electron chi connectivity index (χ1n) is 7.88. The van der Waals surface area contributed by atoms with Crippen LogP contribution in [0.25, 0.3) is 0 Å². The Balaban J connectivity index is 1.41. The number of rotatable bonds is 4. The normalized spacial score (nSPS) is 21.2. The molecule has 1 aromatic heterocycles. The molecule has 122 valence electrons. The van der Waals surface area contributed by atoms with Gasteiger partial charge in [-0.3, -0.25) is 14.6 Å². The molecule has 7 heteroatoms. The Hall–Kier alpha value is -0.470. The molecule has 0 aliphatic carbocycles. The van der Waals surface area contributed by atoms with Crippen molar-refractivity contribution >= 4 is 33.2 Å². The van der Waals surface area contributed by atoms with E-state index < -0.39 is 0 Å². The summed E-state index contributed by atoms with van der Waals surface area (Å²) < 4.78 is 1.19. The average molecular weight is 387 g/mol. The summed E-state index contributed by atoms with van der Waals surface area (Å²) >= 11 is 5.30. The van der Waals surface area contributed by atoms with Crippen LogP contribution in [0, 0.1) is 0 Å². The van der Waals surface area contributed by atoms with Crippen LogP contribution < -0.4 is 5.32 Å². The molecule has 0 aromatic carbocycles. The van der Waals surface area contributed by atoms with Gasteiger partial charge in [0, 0.05) is 63.8 Å². The number of hydrogen-bond acceptors (Lipinski definition) is 5. The molecule has 0 bridgehead atoms. The van der Waals surface area contributed by atoms with Crippen LogP contribution >= 0.6 is 27.3 Å². The maximum absolute atomic E-state index is 12.4. The zero-order valence-electron chi connectivity index (χ0n) is 12.8. The van der Waals surface area contributed by atoms with Crippen molar-refractivity contribution in [2.75, 3.05) is 58.9 Å². The summed E-state index contributed by atoms with van der Waals surface area (Å²) in [7, 11) is 0. The molecule has 0 unspecified atom stereocenters. The summed E-state index contributed by atoms with van der Waals surface area (Å²) in [5.41, 5.74) is 0. The van der Waals surface area contributed by atoms with Gasteiger partial charge in [0.1, 0.15) is 0 Å². The van der Waals surface area contributed by atoms with Crippen LogP contribution in [0.15, 0.2) is 15.9 Å². The lowest BCUT2D eigenvalue weighted by atomic mass is 10.2. The molecule has 0 radical (unpaired) electrons. The molecular formula is C15H23BrN4OS. The second-order valence-electron chi connectivity index (χ2n) is 5.89. The molecule has 0 spiro atoms. The van der Waals surface area contributed by atoms with Gasteiger partial charge in [-0.25, -0.2) is 0 Å². The van der Waals surface area contributed by atoms with Gasteiger partial charge >= 0.3 is 0 Å². The van der Waals surface area contributed by atoms with Crippen LogP contribution in [0.1, 0.15) is 4.88 Å². The molecular weight excluding hydrogens is 364 g/mol. The van der Waals surface area contributed by atoms with Gasteiger partial charge < -0.3 is 10.2 Å². The Morgan fingerprint density at radius 1 is 1.09 bits per heavy atom. The smallest absolute Gasteiger partial charge is 0.236 e. The lowest BCUT2D eigenvalue weighted by Gasteiger charge is -2.36. The van der Waals surface area contributed by atoms with E-state index in [1.165, 1.54) is 8.66 Å². The fourth-order valence-electron chi connectivity index (χ4n) is 2.97. The summed E-state index contributed by atoms with van der Waals surface area (Å²) in [6.07, 6.45) is 0. The minimum absolute atomic E-state index is 0.292. The third kappa shape index (κ3) is 4.52. The molecule has 1 N–H and O–H groups in total. The van der Waals surface area contributed by atoms with Crippen LogP contribution in [-0.4, -0.2) is 79.5 Å². The van der Waals surface area contributed by atoms with Gasteiger partial charge in [0.15, 0.2) is 0 Å². The van der Waals surface area contributed by atoms with E-state index in [1.807, 2.05) is 4.90 Å². The molecule has 1 amide bonds. The second-order valence-corrected chi connectivity index (χ2v) is 8.44. The summed E-state index contributed by atoms with van der Waals surface area (Å²) in [5, 5.41) is 3.32. The molecule has 2 fully saturated rings. The molecule has 5 nitrogen and oxygen atoms in total. The largest absolute Gasteiger partial charge is 0.339 e. The first-order valence-corrected chi connectivity index (χ1v) is 9.49. The van der Waals surface area contributed by atoms with Crippen molar-refractivity contribution < 1.29 is 4.79 Å². The summed E-state index contributed by atoms with van der Waals surface area (Å²) in [4.78, 5) is 20.5. The van der Waals surface area contributed by atoms with Crippen molar-refractivity contribution in [2.24, 2.45) is 0 Å². The molecule has 0 atom stereocenters. The quantitative estimate of drug-likeness (QED) is 0.839. The van der Waals surface area contributed by atoms with Crippen molar-refractivity contribution in [3.63, 3.8) is 0 Å². The van der Waals surface area contributed by atoms with Crippen LogP contribution in [-0.2, 0) is 11.3 Å². The maximum atomic E-state index is 12.4. The highest BCUT2D eigenvalue weighted by atomic mass is 79.9. The monoisotopic (exact) mass is 386 g/mol. The fraction of sp³-hybridized carbons (Fsp3) is 0.667. The highest BCUT2D eigenvalue weighted by molar-refractivity contribution is 9.11. The number of carbonyl (C=O) groups excluding carboxylic acids is 1. The van der Waals surface area contributed by atoms with Crippen LogP contribution in [0.4, 0.5) is 0 Å². The number of nitrogens with zero attached hydrogens (tertiary/aromatic N) is 3. The van der Waals surface area contributed by atoms with Crippen molar-refractivity contribution in [2.45, 2.75) is 6.54 Å². The molecule has 22 heavy (non-hydrogen) atoms. The number of halogens is 1. The van der Waals surface area contributed by atoms with Gasteiger partial charge in [-0.2, -0.15) is 0 Å². The van der Waals surface area contributed by atoms with Crippen LogP contribution in [0.2, 0.25) is 0 Å². The van der Waals surface area contributed by atoms with E-state index in [1.54, 1.807) is 11.3 Å². The van der Waals surface area contributed by atoms with Crippen LogP contribution in [0.5, 0.6) is 0 Å². The molecule has 3 heterocycles. The van der Waals surface area contributed by atoms with Crippen molar-refractivity contribution in [1.29, 1.82) is 0 Å². The Morgan fingerprint density at radius 2 is 1.82 bits per heavy atom. The lowest BCUT2D eigenvalue weighted by molar-refractivity contribution is -0.134. The standard InChI is InChI=1S/C15H23BrN4OS/c16-14-2-1-13(22-14)11-19-7-9-20(10-8-19)15(21)12-18-5-3-17-4-6-18/h1-2,17H,3-12H2. The van der Waals surface area contributed by atoms with E-state index in [0.717, 1.165) is 58.9 Å². The fourth-order valence-corrected chi connectivity index (χ4v) is 4.50. The number of thiophene rings is 1. The summed E-state index contributed by atoms with van der Waals surface area (Å²) in [6, 6.07) is 4.28.